The lowest BCUT2D eigenvalue weighted by Gasteiger charge is -2.02. The molecule has 3 heterocycles. The van der Waals surface area contributed by atoms with Gasteiger partial charge < -0.3 is 0 Å². The van der Waals surface area contributed by atoms with Gasteiger partial charge in [-0.25, -0.2) is 14.5 Å². The highest BCUT2D eigenvalue weighted by atomic mass is 32.2. The van der Waals surface area contributed by atoms with Crippen LogP contribution in [0.1, 0.15) is 10.4 Å². The van der Waals surface area contributed by atoms with E-state index in [1.807, 2.05) is 0 Å². The first-order valence-electron chi connectivity index (χ1n) is 6.81. The van der Waals surface area contributed by atoms with E-state index in [1.54, 1.807) is 12.3 Å². The van der Waals surface area contributed by atoms with Crippen LogP contribution < -0.4 is 10.9 Å². The SMILES string of the molecule is CSc1cc2sc3ncc(C(=O)Nc4nnn[nH]4)c(=O)n3c2cc1F. The van der Waals surface area contributed by atoms with E-state index in [9.17, 15) is 14.0 Å². The van der Waals surface area contributed by atoms with Gasteiger partial charge in [-0.1, -0.05) is 16.4 Å². The van der Waals surface area contributed by atoms with Crippen LogP contribution in [0.3, 0.4) is 0 Å². The molecular formula is C13H8FN7O2S2. The fraction of sp³-hybridized carbons (Fsp3) is 0.0769. The van der Waals surface area contributed by atoms with Gasteiger partial charge in [-0.15, -0.1) is 11.8 Å². The van der Waals surface area contributed by atoms with Gasteiger partial charge in [0.25, 0.3) is 11.5 Å². The predicted molar refractivity (Wildman–Crippen MR) is 90.7 cm³/mol. The van der Waals surface area contributed by atoms with Crippen molar-refractivity contribution in [2.45, 2.75) is 4.90 Å². The number of aromatic nitrogens is 6. The molecule has 0 aliphatic carbocycles. The van der Waals surface area contributed by atoms with Gasteiger partial charge in [-0.2, -0.15) is 0 Å². The predicted octanol–water partition coefficient (Wildman–Crippen LogP) is 1.54. The molecule has 9 nitrogen and oxygen atoms in total. The summed E-state index contributed by atoms with van der Waals surface area (Å²) in [6.45, 7) is 0. The number of anilines is 1. The maximum absolute atomic E-state index is 14.1. The molecule has 0 radical (unpaired) electrons. The number of tetrazole rings is 1. The zero-order valence-electron chi connectivity index (χ0n) is 12.5. The normalized spacial score (nSPS) is 11.3. The molecule has 0 unspecified atom stereocenters. The highest BCUT2D eigenvalue weighted by Gasteiger charge is 2.18. The minimum absolute atomic E-state index is 0.000306. The van der Waals surface area contributed by atoms with E-state index in [-0.39, 0.29) is 11.5 Å². The first-order chi connectivity index (χ1) is 12.1. The first-order valence-corrected chi connectivity index (χ1v) is 8.85. The minimum Gasteiger partial charge on any atom is -0.289 e. The average Bonchev–Trinajstić information content (AvgIpc) is 3.21. The Balaban J connectivity index is 1.89. The van der Waals surface area contributed by atoms with Crippen molar-refractivity contribution in [3.8, 4) is 0 Å². The Kier molecular flexibility index (Phi) is 3.69. The number of thiazole rings is 1. The molecule has 3 aromatic heterocycles. The third-order valence-corrected chi connectivity index (χ3v) is 5.20. The molecule has 0 aliphatic rings. The number of hydrogen-bond acceptors (Lipinski definition) is 8. The van der Waals surface area contributed by atoms with Crippen molar-refractivity contribution < 1.29 is 9.18 Å². The number of halogens is 1. The maximum atomic E-state index is 14.1. The molecule has 4 rings (SSSR count). The van der Waals surface area contributed by atoms with Crippen LogP contribution in [0.2, 0.25) is 0 Å². The Morgan fingerprint density at radius 3 is 3.00 bits per heavy atom. The fourth-order valence-corrected chi connectivity index (χ4v) is 3.87. The van der Waals surface area contributed by atoms with Crippen LogP contribution in [-0.4, -0.2) is 42.2 Å². The molecule has 2 N–H and O–H groups in total. The molecule has 1 amide bonds. The van der Waals surface area contributed by atoms with Gasteiger partial charge in [-0.05, 0) is 22.7 Å². The summed E-state index contributed by atoms with van der Waals surface area (Å²) in [6.07, 6.45) is 2.95. The smallest absolute Gasteiger partial charge is 0.271 e. The maximum Gasteiger partial charge on any atom is 0.271 e. The van der Waals surface area contributed by atoms with Gasteiger partial charge in [0.15, 0.2) is 4.96 Å². The standard InChI is InChI=1S/C13H8FN7O2S2/c1-24-8-3-9-7(2-6(8)14)21-11(23)5(4-15-13(21)25-9)10(22)16-12-17-19-20-18-12/h2-4H,1H3,(H2,16,17,18,19,20,22). The van der Waals surface area contributed by atoms with Crippen molar-refractivity contribution in [3.63, 3.8) is 0 Å². The van der Waals surface area contributed by atoms with Gasteiger partial charge in [0.1, 0.15) is 11.4 Å². The monoisotopic (exact) mass is 377 g/mol. The quantitative estimate of drug-likeness (QED) is 0.520. The number of rotatable bonds is 3. The summed E-state index contributed by atoms with van der Waals surface area (Å²) in [4.78, 5) is 30.0. The second kappa shape index (κ2) is 5.89. The second-order valence-corrected chi connectivity index (χ2v) is 6.71. The number of nitrogens with zero attached hydrogens (tertiary/aromatic N) is 5. The van der Waals surface area contributed by atoms with E-state index in [2.05, 4.69) is 30.9 Å². The lowest BCUT2D eigenvalue weighted by atomic mass is 10.3. The Morgan fingerprint density at radius 1 is 1.44 bits per heavy atom. The van der Waals surface area contributed by atoms with Crippen LogP contribution in [0.5, 0.6) is 0 Å². The molecule has 12 heteroatoms. The summed E-state index contributed by atoms with van der Waals surface area (Å²) >= 11 is 2.51. The number of amides is 1. The number of benzene rings is 1. The number of thioether (sulfide) groups is 1. The Labute approximate surface area is 146 Å². The molecule has 0 spiro atoms. The highest BCUT2D eigenvalue weighted by Crippen LogP contribution is 2.30. The number of hydrogen-bond donors (Lipinski definition) is 2. The minimum atomic E-state index is -0.717. The Hall–Kier alpha value is -2.86. The van der Waals surface area contributed by atoms with Crippen molar-refractivity contribution in [1.29, 1.82) is 0 Å². The Morgan fingerprint density at radius 2 is 2.28 bits per heavy atom. The number of aromatic amines is 1. The van der Waals surface area contributed by atoms with Crippen LogP contribution >= 0.6 is 23.1 Å². The number of H-pyrrole nitrogens is 1. The molecular weight excluding hydrogens is 369 g/mol. The Bertz CT molecular complexity index is 1170. The summed E-state index contributed by atoms with van der Waals surface area (Å²) < 4.78 is 16.0. The van der Waals surface area contributed by atoms with E-state index in [0.717, 1.165) is 0 Å². The lowest BCUT2D eigenvalue weighted by Crippen LogP contribution is -2.26. The molecule has 0 bridgehead atoms. The fourth-order valence-electron chi connectivity index (χ4n) is 2.30. The summed E-state index contributed by atoms with van der Waals surface area (Å²) in [7, 11) is 0. The summed E-state index contributed by atoms with van der Waals surface area (Å²) in [6, 6.07) is 2.93. The van der Waals surface area contributed by atoms with Crippen molar-refractivity contribution in [3.05, 3.63) is 40.1 Å². The van der Waals surface area contributed by atoms with E-state index in [1.165, 1.54) is 39.8 Å². The van der Waals surface area contributed by atoms with Gasteiger partial charge in [0.05, 0.1) is 10.2 Å². The number of carbonyl (C=O) groups is 1. The average molecular weight is 377 g/mol. The van der Waals surface area contributed by atoms with Crippen molar-refractivity contribution in [1.82, 2.24) is 30.0 Å². The first kappa shape index (κ1) is 15.7. The summed E-state index contributed by atoms with van der Waals surface area (Å²) in [5.74, 6) is -1.15. The van der Waals surface area contributed by atoms with E-state index in [4.69, 9.17) is 0 Å². The van der Waals surface area contributed by atoms with Gasteiger partial charge in [0, 0.05) is 17.2 Å². The lowest BCUT2D eigenvalue weighted by molar-refractivity contribution is 0.102. The molecule has 25 heavy (non-hydrogen) atoms. The summed E-state index contributed by atoms with van der Waals surface area (Å²) in [5.41, 5.74) is -0.441. The molecule has 1 aromatic carbocycles. The van der Waals surface area contributed by atoms with Crippen molar-refractivity contribution in [2.24, 2.45) is 0 Å². The molecule has 126 valence electrons. The topological polar surface area (TPSA) is 118 Å². The van der Waals surface area contributed by atoms with Crippen LogP contribution in [0.25, 0.3) is 15.2 Å². The zero-order chi connectivity index (χ0) is 17.6. The third kappa shape index (κ3) is 2.55. The molecule has 4 aromatic rings. The second-order valence-electron chi connectivity index (χ2n) is 4.86. The molecule has 0 fully saturated rings. The number of fused-ring (bicyclic) bond motifs is 3. The third-order valence-electron chi connectivity index (χ3n) is 3.43. The van der Waals surface area contributed by atoms with Crippen LogP contribution in [-0.2, 0) is 0 Å². The van der Waals surface area contributed by atoms with E-state index in [0.29, 0.717) is 20.1 Å². The molecule has 0 aliphatic heterocycles. The zero-order valence-corrected chi connectivity index (χ0v) is 14.1. The van der Waals surface area contributed by atoms with E-state index >= 15 is 0 Å². The van der Waals surface area contributed by atoms with E-state index < -0.39 is 17.3 Å². The van der Waals surface area contributed by atoms with Crippen LogP contribution in [0, 0.1) is 5.82 Å². The highest BCUT2D eigenvalue weighted by molar-refractivity contribution is 7.98. The molecule has 0 atom stereocenters. The number of nitrogens with one attached hydrogen (secondary N) is 2. The molecule has 0 saturated heterocycles. The summed E-state index contributed by atoms with van der Waals surface area (Å²) in [5, 5.41) is 14.9. The largest absolute Gasteiger partial charge is 0.289 e. The van der Waals surface area contributed by atoms with Gasteiger partial charge >= 0.3 is 0 Å². The van der Waals surface area contributed by atoms with Crippen molar-refractivity contribution in [2.75, 3.05) is 11.6 Å². The number of carbonyl (C=O) groups excluding carboxylic acids is 1. The van der Waals surface area contributed by atoms with Gasteiger partial charge in [0.2, 0.25) is 5.95 Å². The van der Waals surface area contributed by atoms with Gasteiger partial charge in [-0.3, -0.25) is 19.3 Å². The van der Waals surface area contributed by atoms with Crippen LogP contribution in [0.4, 0.5) is 10.3 Å². The molecule has 0 saturated carbocycles. The van der Waals surface area contributed by atoms with Crippen molar-refractivity contribution >= 4 is 50.1 Å². The van der Waals surface area contributed by atoms with Crippen LogP contribution in [0.15, 0.2) is 28.0 Å².